The third-order valence-corrected chi connectivity index (χ3v) is 8.39. The molecule has 0 saturated carbocycles. The van der Waals surface area contributed by atoms with Crippen LogP contribution in [0.1, 0.15) is 27.9 Å². The van der Waals surface area contributed by atoms with Gasteiger partial charge in [0.25, 0.3) is 0 Å². The number of para-hydroxylation sites is 1. The molecule has 1 aliphatic rings. The van der Waals surface area contributed by atoms with Crippen molar-refractivity contribution in [3.05, 3.63) is 120 Å². The number of aromatic carboxylic acids is 1. The molecule has 5 aromatic rings. The zero-order valence-electron chi connectivity index (χ0n) is 27.1. The van der Waals surface area contributed by atoms with Crippen LogP contribution in [0.25, 0.3) is 10.8 Å². The number of carboxylic acids is 1. The Kier molecular flexibility index (Phi) is 9.89. The molecule has 3 N–H and O–H groups in total. The van der Waals surface area contributed by atoms with Gasteiger partial charge in [-0.05, 0) is 65.2 Å². The first kappa shape index (κ1) is 32.8. The van der Waals surface area contributed by atoms with Crippen molar-refractivity contribution in [2.75, 3.05) is 30.9 Å². The van der Waals surface area contributed by atoms with Gasteiger partial charge in [-0.3, -0.25) is 4.79 Å². The van der Waals surface area contributed by atoms with Gasteiger partial charge in [-0.1, -0.05) is 54.6 Å². The summed E-state index contributed by atoms with van der Waals surface area (Å²) >= 11 is 0. The summed E-state index contributed by atoms with van der Waals surface area (Å²) in [5.41, 5.74) is 2.85. The number of anilines is 2. The fourth-order valence-corrected chi connectivity index (χ4v) is 5.84. The molecule has 2 atom stereocenters. The summed E-state index contributed by atoms with van der Waals surface area (Å²) in [5.74, 6) is 0.178. The molecular formula is C38H36N4O7. The van der Waals surface area contributed by atoms with Gasteiger partial charge >= 0.3 is 12.0 Å². The first-order valence-corrected chi connectivity index (χ1v) is 15.8. The smallest absolute Gasteiger partial charge is 0.337 e. The lowest BCUT2D eigenvalue weighted by atomic mass is 10.1. The Balaban J connectivity index is 1.15. The largest absolute Gasteiger partial charge is 0.495 e. The number of nitrogens with one attached hydrogen (secondary N) is 2. The third kappa shape index (κ3) is 8.07. The van der Waals surface area contributed by atoms with Crippen LogP contribution in [0.3, 0.4) is 0 Å². The molecule has 49 heavy (non-hydrogen) atoms. The first-order valence-electron chi connectivity index (χ1n) is 15.8. The van der Waals surface area contributed by atoms with Crippen molar-refractivity contribution in [1.29, 1.82) is 0 Å². The number of likely N-dealkylation sites (tertiary alicyclic amines) is 1. The number of carbonyl (C=O) groups excluding carboxylic acids is 2. The first-order chi connectivity index (χ1) is 23.7. The summed E-state index contributed by atoms with van der Waals surface area (Å²) in [6.07, 6.45) is 1.55. The number of amides is 3. The van der Waals surface area contributed by atoms with Crippen LogP contribution in [-0.2, 0) is 11.2 Å². The van der Waals surface area contributed by atoms with Gasteiger partial charge in [0.15, 0.2) is 0 Å². The van der Waals surface area contributed by atoms with Gasteiger partial charge in [-0.25, -0.2) is 14.6 Å². The number of urea groups is 1. The van der Waals surface area contributed by atoms with E-state index in [1.54, 1.807) is 23.1 Å². The highest BCUT2D eigenvalue weighted by Crippen LogP contribution is 2.30. The second kappa shape index (κ2) is 14.8. The van der Waals surface area contributed by atoms with Crippen LogP contribution in [0.2, 0.25) is 0 Å². The van der Waals surface area contributed by atoms with E-state index in [9.17, 15) is 19.5 Å². The molecular weight excluding hydrogens is 624 g/mol. The number of rotatable bonds is 11. The number of fused-ring (bicyclic) bond motifs is 1. The van der Waals surface area contributed by atoms with Crippen molar-refractivity contribution < 1.29 is 33.7 Å². The molecule has 4 aromatic carbocycles. The maximum atomic E-state index is 13.8. The average molecular weight is 661 g/mol. The SMILES string of the molecule is COc1cc(CC(=O)N2CC(Oc3ccc4ccccc4c3)CC2COc2ccc(C(=O)O)cn2)ccc1NC(=O)Nc1ccccc1C. The van der Waals surface area contributed by atoms with E-state index in [-0.39, 0.29) is 42.5 Å². The molecule has 11 nitrogen and oxygen atoms in total. The molecule has 1 saturated heterocycles. The van der Waals surface area contributed by atoms with Gasteiger partial charge in [0.1, 0.15) is 24.2 Å². The highest BCUT2D eigenvalue weighted by Gasteiger charge is 2.37. The van der Waals surface area contributed by atoms with E-state index in [4.69, 9.17) is 14.2 Å². The number of benzene rings is 4. The molecule has 6 rings (SSSR count). The highest BCUT2D eigenvalue weighted by molar-refractivity contribution is 6.01. The molecule has 1 aliphatic heterocycles. The van der Waals surface area contributed by atoms with Crippen LogP contribution in [0.5, 0.6) is 17.4 Å². The number of carbonyl (C=O) groups is 3. The lowest BCUT2D eigenvalue weighted by Crippen LogP contribution is -2.40. The highest BCUT2D eigenvalue weighted by atomic mass is 16.5. The maximum absolute atomic E-state index is 13.8. The van der Waals surface area contributed by atoms with Crippen LogP contribution >= 0.6 is 0 Å². The number of carboxylic acid groups (broad SMARTS) is 1. The molecule has 0 spiro atoms. The van der Waals surface area contributed by atoms with Crippen molar-refractivity contribution >= 4 is 40.1 Å². The van der Waals surface area contributed by atoms with Crippen molar-refractivity contribution in [3.63, 3.8) is 0 Å². The number of hydrogen-bond acceptors (Lipinski definition) is 7. The van der Waals surface area contributed by atoms with Crippen LogP contribution in [-0.4, -0.2) is 65.3 Å². The van der Waals surface area contributed by atoms with Gasteiger partial charge in [0, 0.05) is 24.4 Å². The summed E-state index contributed by atoms with van der Waals surface area (Å²) < 4.78 is 17.9. The molecule has 3 amide bonds. The molecule has 2 heterocycles. The summed E-state index contributed by atoms with van der Waals surface area (Å²) in [6, 6.07) is 28.8. The van der Waals surface area contributed by atoms with Crippen molar-refractivity contribution in [2.24, 2.45) is 0 Å². The van der Waals surface area contributed by atoms with Crippen molar-refractivity contribution in [2.45, 2.75) is 31.9 Å². The topological polar surface area (TPSA) is 139 Å². The number of aromatic nitrogens is 1. The zero-order chi connectivity index (χ0) is 34.3. The van der Waals surface area contributed by atoms with Gasteiger partial charge in [-0.2, -0.15) is 0 Å². The van der Waals surface area contributed by atoms with E-state index in [1.165, 1.54) is 25.4 Å². The van der Waals surface area contributed by atoms with E-state index in [0.29, 0.717) is 41.4 Å². The lowest BCUT2D eigenvalue weighted by Gasteiger charge is -2.24. The molecule has 1 fully saturated rings. The fraction of sp³-hybridized carbons (Fsp3) is 0.211. The minimum Gasteiger partial charge on any atom is -0.495 e. The summed E-state index contributed by atoms with van der Waals surface area (Å²) in [6.45, 7) is 2.40. The molecule has 0 bridgehead atoms. The van der Waals surface area contributed by atoms with Gasteiger partial charge in [0.05, 0.1) is 37.4 Å². The molecule has 0 radical (unpaired) electrons. The number of pyridine rings is 1. The minimum absolute atomic E-state index is 0.0532. The van der Waals surface area contributed by atoms with E-state index in [2.05, 4.69) is 15.6 Å². The van der Waals surface area contributed by atoms with Crippen molar-refractivity contribution in [3.8, 4) is 17.4 Å². The molecule has 250 valence electrons. The number of aryl methyl sites for hydroxylation is 1. The summed E-state index contributed by atoms with van der Waals surface area (Å²) in [4.78, 5) is 43.6. The predicted molar refractivity (Wildman–Crippen MR) is 186 cm³/mol. The summed E-state index contributed by atoms with van der Waals surface area (Å²) in [5, 5.41) is 17.0. The van der Waals surface area contributed by atoms with Gasteiger partial charge in [0.2, 0.25) is 11.8 Å². The van der Waals surface area contributed by atoms with Crippen LogP contribution in [0.4, 0.5) is 16.2 Å². The second-order valence-electron chi connectivity index (χ2n) is 11.8. The predicted octanol–water partition coefficient (Wildman–Crippen LogP) is 6.56. The van der Waals surface area contributed by atoms with E-state index < -0.39 is 12.0 Å². The monoisotopic (exact) mass is 660 g/mol. The molecule has 1 aromatic heterocycles. The Hall–Kier alpha value is -6.10. The Morgan fingerprint density at radius 3 is 2.43 bits per heavy atom. The molecule has 0 aliphatic carbocycles. The molecule has 2 unspecified atom stereocenters. The fourth-order valence-electron chi connectivity index (χ4n) is 5.84. The van der Waals surface area contributed by atoms with E-state index >= 15 is 0 Å². The maximum Gasteiger partial charge on any atom is 0.337 e. The quantitative estimate of drug-likeness (QED) is 0.145. The number of ether oxygens (including phenoxy) is 3. The van der Waals surface area contributed by atoms with Crippen LogP contribution in [0.15, 0.2) is 103 Å². The number of hydrogen-bond donors (Lipinski definition) is 3. The van der Waals surface area contributed by atoms with E-state index in [1.807, 2.05) is 73.7 Å². The third-order valence-electron chi connectivity index (χ3n) is 8.39. The van der Waals surface area contributed by atoms with E-state index in [0.717, 1.165) is 16.3 Å². The Labute approximate surface area is 283 Å². The Morgan fingerprint density at radius 1 is 0.898 bits per heavy atom. The standard InChI is InChI=1S/C38H36N4O7/c1-24-7-3-6-10-32(24)40-38(46)41-33-15-11-25(17-34(33)47-2)18-36(43)42-22-31(49-30-14-12-26-8-4-5-9-27(26)19-30)20-29(42)23-48-35-16-13-28(21-39-35)37(44)45/h3-17,19,21,29,31H,18,20,22-23H2,1-2H3,(H,44,45)(H2,40,41,46). The van der Waals surface area contributed by atoms with Crippen LogP contribution in [0, 0.1) is 6.92 Å². The summed E-state index contributed by atoms with van der Waals surface area (Å²) in [7, 11) is 1.50. The Morgan fingerprint density at radius 2 is 1.67 bits per heavy atom. The second-order valence-corrected chi connectivity index (χ2v) is 11.8. The number of methoxy groups -OCH3 is 1. The normalized spacial score (nSPS) is 15.4. The van der Waals surface area contributed by atoms with Gasteiger partial charge in [-0.15, -0.1) is 0 Å². The minimum atomic E-state index is -1.08. The molecule has 11 heteroatoms. The zero-order valence-corrected chi connectivity index (χ0v) is 27.1. The number of nitrogens with zero attached hydrogens (tertiary/aromatic N) is 2. The Bertz CT molecular complexity index is 1980. The van der Waals surface area contributed by atoms with Gasteiger partial charge < -0.3 is 34.9 Å². The van der Waals surface area contributed by atoms with Crippen LogP contribution < -0.4 is 24.8 Å². The average Bonchev–Trinajstić information content (AvgIpc) is 3.51. The lowest BCUT2D eigenvalue weighted by molar-refractivity contribution is -0.132. The van der Waals surface area contributed by atoms with Crippen molar-refractivity contribution in [1.82, 2.24) is 9.88 Å².